The lowest BCUT2D eigenvalue weighted by Crippen LogP contribution is -2.37. The van der Waals surface area contributed by atoms with Crippen LogP contribution in [-0.4, -0.2) is 45.5 Å². The second kappa shape index (κ2) is 7.62. The second-order valence-electron chi connectivity index (χ2n) is 4.11. The molecule has 96 valence electrons. The van der Waals surface area contributed by atoms with E-state index in [1.165, 1.54) is 0 Å². The molecule has 0 aliphatic heterocycles. The fourth-order valence-electron chi connectivity index (χ4n) is 0.954. The number of sulfone groups is 1. The summed E-state index contributed by atoms with van der Waals surface area (Å²) in [6.07, 6.45) is 0. The highest BCUT2D eigenvalue weighted by Crippen LogP contribution is 1.87. The minimum absolute atomic E-state index is 0.0843. The predicted octanol–water partition coefficient (Wildman–Crippen LogP) is -0.217. The van der Waals surface area contributed by atoms with Crippen LogP contribution in [0.1, 0.15) is 20.8 Å². The zero-order chi connectivity index (χ0) is 12.6. The van der Waals surface area contributed by atoms with Gasteiger partial charge in [-0.1, -0.05) is 20.8 Å². The Morgan fingerprint density at radius 1 is 1.31 bits per heavy atom. The summed E-state index contributed by atoms with van der Waals surface area (Å²) in [6, 6.07) is 0. The molecule has 0 spiro atoms. The van der Waals surface area contributed by atoms with Gasteiger partial charge < -0.3 is 10.6 Å². The molecule has 0 bridgehead atoms. The molecule has 5 nitrogen and oxygen atoms in total. The molecule has 2 N–H and O–H groups in total. The van der Waals surface area contributed by atoms with Gasteiger partial charge in [-0.2, -0.15) is 0 Å². The lowest BCUT2D eigenvalue weighted by Gasteiger charge is -2.08. The van der Waals surface area contributed by atoms with Crippen LogP contribution in [0.2, 0.25) is 0 Å². The fraction of sp³-hybridized carbons (Fsp3) is 0.900. The average Bonchev–Trinajstić information content (AvgIpc) is 2.21. The van der Waals surface area contributed by atoms with E-state index in [0.717, 1.165) is 0 Å². The van der Waals surface area contributed by atoms with Crippen LogP contribution in [0.5, 0.6) is 0 Å². The van der Waals surface area contributed by atoms with Crippen LogP contribution in [0, 0.1) is 5.92 Å². The maximum atomic E-state index is 11.2. The maximum Gasteiger partial charge on any atom is 0.233 e. The van der Waals surface area contributed by atoms with E-state index in [4.69, 9.17) is 0 Å². The molecular weight excluding hydrogens is 228 g/mol. The molecule has 0 atom stereocenters. The molecule has 0 aliphatic carbocycles. The van der Waals surface area contributed by atoms with E-state index < -0.39 is 9.84 Å². The van der Waals surface area contributed by atoms with Crippen molar-refractivity contribution < 1.29 is 13.2 Å². The lowest BCUT2D eigenvalue weighted by molar-refractivity contribution is -0.120. The first-order valence-corrected chi connectivity index (χ1v) is 7.37. The third kappa shape index (κ3) is 8.67. The molecule has 0 rings (SSSR count). The van der Waals surface area contributed by atoms with Gasteiger partial charge in [0.05, 0.1) is 12.3 Å². The molecule has 0 saturated carbocycles. The molecule has 16 heavy (non-hydrogen) atoms. The van der Waals surface area contributed by atoms with E-state index >= 15 is 0 Å². The van der Waals surface area contributed by atoms with Gasteiger partial charge in [-0.05, 0) is 5.92 Å². The number of nitrogens with one attached hydrogen (secondary N) is 2. The molecule has 0 aromatic carbocycles. The van der Waals surface area contributed by atoms with E-state index in [2.05, 4.69) is 10.6 Å². The standard InChI is InChI=1S/C10H22N2O3S/c1-4-16(14,15)6-5-11-8-10(13)12-7-9(2)3/h9,11H,4-8H2,1-3H3,(H,12,13). The van der Waals surface area contributed by atoms with Crippen molar-refractivity contribution in [1.29, 1.82) is 0 Å². The van der Waals surface area contributed by atoms with Crippen LogP contribution in [-0.2, 0) is 14.6 Å². The summed E-state index contributed by atoms with van der Waals surface area (Å²) in [7, 11) is -2.94. The van der Waals surface area contributed by atoms with Crippen molar-refractivity contribution in [1.82, 2.24) is 10.6 Å². The average molecular weight is 250 g/mol. The Balaban J connectivity index is 3.56. The summed E-state index contributed by atoms with van der Waals surface area (Å²) in [5.74, 6) is 0.557. The Kier molecular flexibility index (Phi) is 7.33. The Bertz CT molecular complexity index is 299. The molecule has 0 fully saturated rings. The largest absolute Gasteiger partial charge is 0.355 e. The van der Waals surface area contributed by atoms with Crippen molar-refractivity contribution in [2.75, 3.05) is 31.1 Å². The first-order valence-electron chi connectivity index (χ1n) is 5.55. The SMILES string of the molecule is CCS(=O)(=O)CCNCC(=O)NCC(C)C. The van der Waals surface area contributed by atoms with Gasteiger partial charge in [-0.15, -0.1) is 0 Å². The Hall–Kier alpha value is -0.620. The summed E-state index contributed by atoms with van der Waals surface area (Å²) in [5.41, 5.74) is 0. The van der Waals surface area contributed by atoms with Crippen LogP contribution in [0.15, 0.2) is 0 Å². The van der Waals surface area contributed by atoms with E-state index in [1.807, 2.05) is 13.8 Å². The third-order valence-electron chi connectivity index (χ3n) is 2.02. The van der Waals surface area contributed by atoms with Gasteiger partial charge in [0.25, 0.3) is 0 Å². The molecule has 0 radical (unpaired) electrons. The molecule has 0 heterocycles. The second-order valence-corrected chi connectivity index (χ2v) is 6.58. The fourth-order valence-corrected chi connectivity index (χ4v) is 1.70. The van der Waals surface area contributed by atoms with Crippen molar-refractivity contribution in [3.63, 3.8) is 0 Å². The minimum Gasteiger partial charge on any atom is -0.355 e. The highest BCUT2D eigenvalue weighted by molar-refractivity contribution is 7.91. The smallest absolute Gasteiger partial charge is 0.233 e. The summed E-state index contributed by atoms with van der Waals surface area (Å²) in [5, 5.41) is 5.55. The molecule has 0 aromatic heterocycles. The van der Waals surface area contributed by atoms with E-state index in [1.54, 1.807) is 6.92 Å². The minimum atomic E-state index is -2.94. The lowest BCUT2D eigenvalue weighted by atomic mass is 10.2. The molecule has 0 aliphatic rings. The number of carbonyl (C=O) groups is 1. The van der Waals surface area contributed by atoms with E-state index in [9.17, 15) is 13.2 Å². The highest BCUT2D eigenvalue weighted by atomic mass is 32.2. The van der Waals surface area contributed by atoms with Gasteiger partial charge in [0.15, 0.2) is 9.84 Å². The summed E-state index contributed by atoms with van der Waals surface area (Å²) in [6.45, 7) is 6.79. The summed E-state index contributed by atoms with van der Waals surface area (Å²) < 4.78 is 22.2. The van der Waals surface area contributed by atoms with Crippen molar-refractivity contribution in [2.24, 2.45) is 5.92 Å². The molecule has 6 heteroatoms. The van der Waals surface area contributed by atoms with Gasteiger partial charge in [0.2, 0.25) is 5.91 Å². The molecule has 0 aromatic rings. The Morgan fingerprint density at radius 3 is 2.44 bits per heavy atom. The van der Waals surface area contributed by atoms with Crippen LogP contribution in [0.4, 0.5) is 0 Å². The highest BCUT2D eigenvalue weighted by Gasteiger charge is 2.07. The van der Waals surface area contributed by atoms with Crippen molar-refractivity contribution >= 4 is 15.7 Å². The van der Waals surface area contributed by atoms with Crippen molar-refractivity contribution in [3.05, 3.63) is 0 Å². The zero-order valence-electron chi connectivity index (χ0n) is 10.2. The first kappa shape index (κ1) is 15.4. The van der Waals surface area contributed by atoms with Crippen molar-refractivity contribution in [2.45, 2.75) is 20.8 Å². The molecule has 0 unspecified atom stereocenters. The van der Waals surface area contributed by atoms with Gasteiger partial charge >= 0.3 is 0 Å². The van der Waals surface area contributed by atoms with Crippen LogP contribution >= 0.6 is 0 Å². The number of amides is 1. The van der Waals surface area contributed by atoms with Gasteiger partial charge in [-0.3, -0.25) is 4.79 Å². The normalized spacial score (nSPS) is 11.8. The summed E-state index contributed by atoms with van der Waals surface area (Å²) in [4.78, 5) is 11.2. The first-order chi connectivity index (χ1) is 7.37. The summed E-state index contributed by atoms with van der Waals surface area (Å²) >= 11 is 0. The Labute approximate surface area is 97.9 Å². The van der Waals surface area contributed by atoms with Crippen LogP contribution in [0.25, 0.3) is 0 Å². The van der Waals surface area contributed by atoms with Crippen LogP contribution in [0.3, 0.4) is 0 Å². The van der Waals surface area contributed by atoms with E-state index in [0.29, 0.717) is 19.0 Å². The quantitative estimate of drug-likeness (QED) is 0.584. The number of hydrogen-bond acceptors (Lipinski definition) is 4. The predicted molar refractivity (Wildman–Crippen MR) is 65.0 cm³/mol. The number of carbonyl (C=O) groups excluding carboxylic acids is 1. The maximum absolute atomic E-state index is 11.2. The number of hydrogen-bond donors (Lipinski definition) is 2. The van der Waals surface area contributed by atoms with E-state index in [-0.39, 0.29) is 24.0 Å². The molecule has 1 amide bonds. The number of rotatable bonds is 8. The molecular formula is C10H22N2O3S. The van der Waals surface area contributed by atoms with Gasteiger partial charge in [0.1, 0.15) is 0 Å². The van der Waals surface area contributed by atoms with Gasteiger partial charge in [-0.25, -0.2) is 8.42 Å². The van der Waals surface area contributed by atoms with Crippen molar-refractivity contribution in [3.8, 4) is 0 Å². The third-order valence-corrected chi connectivity index (χ3v) is 3.73. The Morgan fingerprint density at radius 2 is 1.94 bits per heavy atom. The molecule has 0 saturated heterocycles. The van der Waals surface area contributed by atoms with Crippen LogP contribution < -0.4 is 10.6 Å². The monoisotopic (exact) mass is 250 g/mol. The van der Waals surface area contributed by atoms with Gasteiger partial charge in [0, 0.05) is 18.8 Å². The zero-order valence-corrected chi connectivity index (χ0v) is 11.1. The topological polar surface area (TPSA) is 75.3 Å².